The first-order valence-electron chi connectivity index (χ1n) is 13.9. The maximum atomic E-state index is 12.9. The number of fused-ring (bicyclic) bond motifs is 1. The number of benzene rings is 3. The largest absolute Gasteiger partial charge is 0.490 e. The molecule has 8 heteroatoms. The number of H-pyrrole nitrogens is 1. The lowest BCUT2D eigenvalue weighted by atomic mass is 10.1. The number of ether oxygens (including phenoxy) is 1. The van der Waals surface area contributed by atoms with Gasteiger partial charge in [-0.05, 0) is 61.9 Å². The molecule has 0 atom stereocenters. The molecule has 1 amide bonds. The van der Waals surface area contributed by atoms with Crippen LogP contribution in [0.25, 0.3) is 10.9 Å². The molecule has 0 spiro atoms. The van der Waals surface area contributed by atoms with Gasteiger partial charge in [0.2, 0.25) is 0 Å². The minimum absolute atomic E-state index is 0.170. The van der Waals surface area contributed by atoms with E-state index in [0.717, 1.165) is 81.0 Å². The molecule has 3 heterocycles. The van der Waals surface area contributed by atoms with Gasteiger partial charge in [-0.3, -0.25) is 14.8 Å². The van der Waals surface area contributed by atoms with Gasteiger partial charge in [-0.1, -0.05) is 30.3 Å². The summed E-state index contributed by atoms with van der Waals surface area (Å²) in [4.78, 5) is 20.1. The second kappa shape index (κ2) is 11.5. The fraction of sp³-hybridized carbons (Fsp3) is 0.355. The van der Waals surface area contributed by atoms with Gasteiger partial charge in [0.25, 0.3) is 5.91 Å². The molecule has 0 bridgehead atoms. The smallest absolute Gasteiger partial charge is 0.256 e. The molecule has 4 aromatic rings. The van der Waals surface area contributed by atoms with E-state index in [2.05, 4.69) is 67.6 Å². The van der Waals surface area contributed by atoms with Gasteiger partial charge in [-0.25, -0.2) is 0 Å². The van der Waals surface area contributed by atoms with E-state index in [4.69, 9.17) is 4.74 Å². The van der Waals surface area contributed by atoms with Gasteiger partial charge in [0.15, 0.2) is 5.82 Å². The number of piperidine rings is 1. The van der Waals surface area contributed by atoms with Crippen molar-refractivity contribution in [2.75, 3.05) is 56.5 Å². The lowest BCUT2D eigenvalue weighted by molar-refractivity contribution is 0.0969. The third-order valence-corrected chi connectivity index (χ3v) is 7.85. The Bertz CT molecular complexity index is 1390. The Labute approximate surface area is 229 Å². The van der Waals surface area contributed by atoms with Crippen LogP contribution in [0.4, 0.5) is 11.5 Å². The van der Waals surface area contributed by atoms with Crippen LogP contribution in [0.3, 0.4) is 0 Å². The molecule has 202 valence electrons. The Kier molecular flexibility index (Phi) is 7.47. The van der Waals surface area contributed by atoms with Crippen molar-refractivity contribution in [1.82, 2.24) is 20.0 Å². The summed E-state index contributed by atoms with van der Waals surface area (Å²) < 4.78 is 6.32. The van der Waals surface area contributed by atoms with E-state index in [1.807, 2.05) is 42.5 Å². The Morgan fingerprint density at radius 2 is 1.69 bits per heavy atom. The normalized spacial score (nSPS) is 17.4. The number of aromatic nitrogens is 2. The lowest BCUT2D eigenvalue weighted by Gasteiger charge is -2.34. The Hall–Kier alpha value is -3.88. The molecule has 2 saturated heterocycles. The zero-order valence-corrected chi connectivity index (χ0v) is 22.5. The second-order valence-electron chi connectivity index (χ2n) is 10.6. The Balaban J connectivity index is 1.03. The Morgan fingerprint density at radius 1 is 0.949 bits per heavy atom. The summed E-state index contributed by atoms with van der Waals surface area (Å²) in [5.41, 5.74) is 3.96. The highest BCUT2D eigenvalue weighted by Crippen LogP contribution is 2.28. The molecular weight excluding hydrogens is 488 g/mol. The minimum atomic E-state index is -0.170. The van der Waals surface area contributed by atoms with Gasteiger partial charge in [-0.2, -0.15) is 5.10 Å². The number of aromatic amines is 1. The number of carbonyl (C=O) groups is 1. The topological polar surface area (TPSA) is 76.7 Å². The highest BCUT2D eigenvalue weighted by atomic mass is 16.5. The van der Waals surface area contributed by atoms with Crippen LogP contribution >= 0.6 is 0 Å². The summed E-state index contributed by atoms with van der Waals surface area (Å²) in [7, 11) is 2.15. The number of nitrogens with zero attached hydrogens (tertiary/aromatic N) is 4. The van der Waals surface area contributed by atoms with Gasteiger partial charge in [0.05, 0.1) is 5.52 Å². The maximum absolute atomic E-state index is 12.9. The van der Waals surface area contributed by atoms with Gasteiger partial charge < -0.3 is 19.9 Å². The summed E-state index contributed by atoms with van der Waals surface area (Å²) in [6.45, 7) is 7.14. The number of nitrogens with one attached hydrogen (secondary N) is 2. The van der Waals surface area contributed by atoms with Crippen molar-refractivity contribution >= 4 is 28.3 Å². The number of anilines is 2. The molecule has 3 aromatic carbocycles. The SMILES string of the molecule is CN1CCN(c2ccc(C(=O)Nc3n[nH]c4cc(OC5CCN(Cc6ccccc6)CC5)ccc34)cc2)CC1. The average molecular weight is 525 g/mol. The van der Waals surface area contributed by atoms with Crippen LogP contribution in [0.2, 0.25) is 0 Å². The number of likely N-dealkylation sites (tertiary alicyclic amines) is 1. The molecular formula is C31H36N6O2. The van der Waals surface area contributed by atoms with Crippen molar-refractivity contribution in [2.24, 2.45) is 0 Å². The van der Waals surface area contributed by atoms with Crippen molar-refractivity contribution in [1.29, 1.82) is 0 Å². The van der Waals surface area contributed by atoms with Gasteiger partial charge in [0, 0.05) is 68.5 Å². The van der Waals surface area contributed by atoms with Crippen LogP contribution in [-0.4, -0.2) is 78.3 Å². The second-order valence-corrected chi connectivity index (χ2v) is 10.6. The van der Waals surface area contributed by atoms with Crippen molar-refractivity contribution in [3.05, 3.63) is 83.9 Å². The van der Waals surface area contributed by atoms with Crippen LogP contribution < -0.4 is 15.0 Å². The molecule has 2 N–H and O–H groups in total. The number of rotatable bonds is 7. The highest BCUT2D eigenvalue weighted by molar-refractivity contribution is 6.08. The summed E-state index contributed by atoms with van der Waals surface area (Å²) in [6.07, 6.45) is 2.20. The Morgan fingerprint density at radius 3 is 2.44 bits per heavy atom. The first-order valence-corrected chi connectivity index (χ1v) is 13.9. The van der Waals surface area contributed by atoms with Gasteiger partial charge in [0.1, 0.15) is 11.9 Å². The minimum Gasteiger partial charge on any atom is -0.490 e. The predicted octanol–water partition coefficient (Wildman–Crippen LogP) is 4.61. The molecule has 6 rings (SSSR count). The summed E-state index contributed by atoms with van der Waals surface area (Å²) in [5, 5.41) is 11.2. The van der Waals surface area contributed by atoms with E-state index in [0.29, 0.717) is 11.4 Å². The van der Waals surface area contributed by atoms with Crippen LogP contribution in [0.1, 0.15) is 28.8 Å². The zero-order valence-electron chi connectivity index (χ0n) is 22.5. The summed E-state index contributed by atoms with van der Waals surface area (Å²) >= 11 is 0. The van der Waals surface area contributed by atoms with Crippen LogP contribution in [0, 0.1) is 0 Å². The van der Waals surface area contributed by atoms with Crippen molar-refractivity contribution < 1.29 is 9.53 Å². The lowest BCUT2D eigenvalue weighted by Crippen LogP contribution is -2.44. The number of piperazine rings is 1. The maximum Gasteiger partial charge on any atom is 0.256 e. The van der Waals surface area contributed by atoms with E-state index >= 15 is 0 Å². The predicted molar refractivity (Wildman–Crippen MR) is 156 cm³/mol. The molecule has 0 unspecified atom stereocenters. The van der Waals surface area contributed by atoms with E-state index in [9.17, 15) is 4.79 Å². The van der Waals surface area contributed by atoms with Crippen LogP contribution in [0.15, 0.2) is 72.8 Å². The summed E-state index contributed by atoms with van der Waals surface area (Å²) in [5.74, 6) is 1.18. The van der Waals surface area contributed by atoms with Crippen molar-refractivity contribution in [3.8, 4) is 5.75 Å². The molecule has 8 nitrogen and oxygen atoms in total. The number of likely N-dealkylation sites (N-methyl/N-ethyl adjacent to an activating group) is 1. The molecule has 2 fully saturated rings. The van der Waals surface area contributed by atoms with Gasteiger partial charge >= 0.3 is 0 Å². The number of amides is 1. The van der Waals surface area contributed by atoms with E-state index < -0.39 is 0 Å². The highest BCUT2D eigenvalue weighted by Gasteiger charge is 2.21. The molecule has 0 aliphatic carbocycles. The standard InChI is InChI=1S/C31H36N6O2/c1-35-17-19-37(20-18-35)25-9-7-24(8-10-25)31(38)32-30-28-12-11-27(21-29(28)33-34-30)39-26-13-15-36(16-14-26)22-23-5-3-2-4-6-23/h2-12,21,26H,13-20,22H2,1H3,(H2,32,33,34,38). The van der Waals surface area contributed by atoms with E-state index in [1.165, 1.54) is 5.56 Å². The molecule has 0 radical (unpaired) electrons. The molecule has 0 saturated carbocycles. The number of hydrogen-bond acceptors (Lipinski definition) is 6. The first kappa shape index (κ1) is 25.4. The summed E-state index contributed by atoms with van der Waals surface area (Å²) in [6, 6.07) is 24.3. The third-order valence-electron chi connectivity index (χ3n) is 7.85. The fourth-order valence-corrected chi connectivity index (χ4v) is 5.45. The third kappa shape index (κ3) is 6.08. The number of carbonyl (C=O) groups excluding carboxylic acids is 1. The molecule has 2 aliphatic rings. The quantitative estimate of drug-likeness (QED) is 0.368. The van der Waals surface area contributed by atoms with E-state index in [1.54, 1.807) is 0 Å². The zero-order chi connectivity index (χ0) is 26.6. The monoisotopic (exact) mass is 524 g/mol. The van der Waals surface area contributed by atoms with Crippen molar-refractivity contribution in [2.45, 2.75) is 25.5 Å². The van der Waals surface area contributed by atoms with Crippen LogP contribution in [-0.2, 0) is 6.54 Å². The van der Waals surface area contributed by atoms with Crippen LogP contribution in [0.5, 0.6) is 5.75 Å². The number of hydrogen-bond donors (Lipinski definition) is 2. The molecule has 1 aromatic heterocycles. The molecule has 39 heavy (non-hydrogen) atoms. The first-order chi connectivity index (χ1) is 19.1. The van der Waals surface area contributed by atoms with Gasteiger partial charge in [-0.15, -0.1) is 0 Å². The van der Waals surface area contributed by atoms with E-state index in [-0.39, 0.29) is 12.0 Å². The van der Waals surface area contributed by atoms with Crippen molar-refractivity contribution in [3.63, 3.8) is 0 Å². The molecule has 2 aliphatic heterocycles. The average Bonchev–Trinajstić information content (AvgIpc) is 3.37. The fourth-order valence-electron chi connectivity index (χ4n) is 5.45.